The second-order valence-corrected chi connectivity index (χ2v) is 8.36. The Morgan fingerprint density at radius 3 is 2.56 bits per heavy atom. The molecule has 0 saturated heterocycles. The van der Waals surface area contributed by atoms with Crippen LogP contribution in [-0.2, 0) is 6.18 Å². The average Bonchev–Trinajstić information content (AvgIpc) is 3.53. The quantitative estimate of drug-likeness (QED) is 0.577. The van der Waals surface area contributed by atoms with Gasteiger partial charge in [-0.3, -0.25) is 9.78 Å². The van der Waals surface area contributed by atoms with Crippen LogP contribution in [0.3, 0.4) is 0 Å². The Morgan fingerprint density at radius 2 is 1.94 bits per heavy atom. The van der Waals surface area contributed by atoms with Gasteiger partial charge in [0.15, 0.2) is 0 Å². The van der Waals surface area contributed by atoms with Gasteiger partial charge in [0.2, 0.25) is 0 Å². The number of aromatic nitrogens is 3. The molecule has 0 radical (unpaired) electrons. The van der Waals surface area contributed by atoms with E-state index in [2.05, 4.69) is 27.6 Å². The summed E-state index contributed by atoms with van der Waals surface area (Å²) in [5.41, 5.74) is 0.399. The number of rotatable bonds is 5. The van der Waals surface area contributed by atoms with Crippen molar-refractivity contribution in [3.63, 3.8) is 0 Å². The summed E-state index contributed by atoms with van der Waals surface area (Å²) in [6.07, 6.45) is 5.18. The van der Waals surface area contributed by atoms with Crippen molar-refractivity contribution in [2.24, 2.45) is 17.8 Å². The first-order valence-corrected chi connectivity index (χ1v) is 10.5. The zero-order valence-corrected chi connectivity index (χ0v) is 17.1. The zero-order chi connectivity index (χ0) is 22.3. The van der Waals surface area contributed by atoms with Crippen molar-refractivity contribution in [1.29, 1.82) is 0 Å². The Morgan fingerprint density at radius 1 is 1.12 bits per heavy atom. The SMILES string of the molecule is O=C(NCC1CC2C=CC1C2)c1ccc(-n2nc(-c3cccnc3)cc2C(F)(F)F)cc1. The van der Waals surface area contributed by atoms with Gasteiger partial charge in [0, 0.05) is 30.1 Å². The smallest absolute Gasteiger partial charge is 0.352 e. The predicted octanol–water partition coefficient (Wildman–Crippen LogP) is 4.90. The number of amides is 1. The number of fused-ring (bicyclic) bond motifs is 2. The second kappa shape index (κ2) is 7.93. The molecule has 1 N–H and O–H groups in total. The molecule has 1 aromatic carbocycles. The van der Waals surface area contributed by atoms with Crippen molar-refractivity contribution >= 4 is 5.91 Å². The summed E-state index contributed by atoms with van der Waals surface area (Å²) in [5, 5.41) is 7.12. The number of alkyl halides is 3. The lowest BCUT2D eigenvalue weighted by molar-refractivity contribution is -0.142. The summed E-state index contributed by atoms with van der Waals surface area (Å²) in [4.78, 5) is 16.5. The van der Waals surface area contributed by atoms with Crippen LogP contribution in [-0.4, -0.2) is 27.2 Å². The van der Waals surface area contributed by atoms with Crippen LogP contribution in [0.5, 0.6) is 0 Å². The van der Waals surface area contributed by atoms with Gasteiger partial charge < -0.3 is 5.32 Å². The summed E-state index contributed by atoms with van der Waals surface area (Å²) < 4.78 is 41.8. The lowest BCUT2D eigenvalue weighted by atomic mass is 9.93. The third kappa shape index (κ3) is 3.92. The third-order valence-corrected chi connectivity index (χ3v) is 6.27. The van der Waals surface area contributed by atoms with E-state index >= 15 is 0 Å². The van der Waals surface area contributed by atoms with Gasteiger partial charge in [0.1, 0.15) is 5.69 Å². The highest BCUT2D eigenvalue weighted by molar-refractivity contribution is 5.94. The molecule has 2 aromatic heterocycles. The first kappa shape index (κ1) is 20.5. The van der Waals surface area contributed by atoms with Gasteiger partial charge in [-0.1, -0.05) is 12.2 Å². The molecular formula is C24H21F3N4O. The number of pyridine rings is 1. The predicted molar refractivity (Wildman–Crippen MR) is 113 cm³/mol. The van der Waals surface area contributed by atoms with E-state index in [0.717, 1.165) is 17.2 Å². The average molecular weight is 438 g/mol. The maximum atomic E-state index is 13.6. The highest BCUT2D eigenvalue weighted by atomic mass is 19.4. The number of carbonyl (C=O) groups is 1. The van der Waals surface area contributed by atoms with Crippen molar-refractivity contribution in [2.75, 3.05) is 6.54 Å². The first-order chi connectivity index (χ1) is 15.4. The van der Waals surface area contributed by atoms with E-state index in [1.165, 1.54) is 36.9 Å². The van der Waals surface area contributed by atoms with Crippen LogP contribution in [0, 0.1) is 17.8 Å². The standard InChI is InChI=1S/C24H21F3N4O/c25-24(26,27)22-12-21(18-2-1-9-28-13-18)30-31(22)20-7-5-16(6-8-20)23(32)29-14-19-11-15-3-4-17(19)10-15/h1-9,12-13,15,17,19H,10-11,14H2,(H,29,32). The molecule has 2 heterocycles. The highest BCUT2D eigenvalue weighted by Crippen LogP contribution is 2.43. The summed E-state index contributed by atoms with van der Waals surface area (Å²) in [6.45, 7) is 0.609. The van der Waals surface area contributed by atoms with Crippen LogP contribution in [0.2, 0.25) is 0 Å². The molecule has 5 nitrogen and oxygen atoms in total. The molecular weight excluding hydrogens is 417 g/mol. The lowest BCUT2D eigenvalue weighted by Crippen LogP contribution is -2.30. The first-order valence-electron chi connectivity index (χ1n) is 10.5. The van der Waals surface area contributed by atoms with Crippen LogP contribution in [0.1, 0.15) is 28.9 Å². The Kier molecular flexibility index (Phi) is 5.07. The molecule has 2 bridgehead atoms. The minimum absolute atomic E-state index is 0.173. The fourth-order valence-electron chi connectivity index (χ4n) is 4.64. The van der Waals surface area contributed by atoms with Crippen LogP contribution in [0.25, 0.3) is 16.9 Å². The van der Waals surface area contributed by atoms with Crippen molar-refractivity contribution in [2.45, 2.75) is 19.0 Å². The van der Waals surface area contributed by atoms with Crippen molar-refractivity contribution in [3.05, 3.63) is 78.3 Å². The van der Waals surface area contributed by atoms with Crippen LogP contribution in [0.15, 0.2) is 67.0 Å². The molecule has 32 heavy (non-hydrogen) atoms. The van der Waals surface area contributed by atoms with E-state index in [1.807, 2.05) is 0 Å². The molecule has 0 spiro atoms. The summed E-state index contributed by atoms with van der Waals surface area (Å²) >= 11 is 0. The van der Waals surface area contributed by atoms with Crippen molar-refractivity contribution in [1.82, 2.24) is 20.1 Å². The van der Waals surface area contributed by atoms with Gasteiger partial charge in [-0.05, 0) is 73.1 Å². The molecule has 5 rings (SSSR count). The number of nitrogens with one attached hydrogen (secondary N) is 1. The van der Waals surface area contributed by atoms with E-state index < -0.39 is 11.9 Å². The number of benzene rings is 1. The van der Waals surface area contributed by atoms with Crippen molar-refractivity contribution in [3.8, 4) is 16.9 Å². The summed E-state index contributed by atoms with van der Waals surface area (Å²) in [7, 11) is 0. The molecule has 3 aromatic rings. The Balaban J connectivity index is 1.34. The number of nitrogens with zero attached hydrogens (tertiary/aromatic N) is 3. The maximum absolute atomic E-state index is 13.6. The number of allylic oxidation sites excluding steroid dienone is 2. The molecule has 1 fully saturated rings. The number of carbonyl (C=O) groups excluding carboxylic acids is 1. The number of hydrogen-bond donors (Lipinski definition) is 1. The van der Waals surface area contributed by atoms with Crippen LogP contribution in [0.4, 0.5) is 13.2 Å². The topological polar surface area (TPSA) is 59.8 Å². The lowest BCUT2D eigenvalue weighted by Gasteiger charge is -2.18. The third-order valence-electron chi connectivity index (χ3n) is 6.27. The monoisotopic (exact) mass is 438 g/mol. The molecule has 1 saturated carbocycles. The molecule has 2 aliphatic rings. The minimum Gasteiger partial charge on any atom is -0.352 e. The molecule has 1 amide bonds. The Labute approximate surface area is 183 Å². The van der Waals surface area contributed by atoms with Gasteiger partial charge in [0.05, 0.1) is 11.4 Å². The summed E-state index contributed by atoms with van der Waals surface area (Å²) in [5.74, 6) is 1.40. The van der Waals surface area contributed by atoms with E-state index in [1.54, 1.807) is 18.3 Å². The van der Waals surface area contributed by atoms with Gasteiger partial charge in [-0.25, -0.2) is 4.68 Å². The Hall–Kier alpha value is -3.42. The minimum atomic E-state index is -4.58. The van der Waals surface area contributed by atoms with E-state index in [-0.39, 0.29) is 17.3 Å². The number of hydrogen-bond acceptors (Lipinski definition) is 3. The normalized spacial score (nSPS) is 21.8. The number of halogens is 3. The fourth-order valence-corrected chi connectivity index (χ4v) is 4.64. The van der Waals surface area contributed by atoms with Crippen molar-refractivity contribution < 1.29 is 18.0 Å². The largest absolute Gasteiger partial charge is 0.433 e. The molecule has 0 aliphatic heterocycles. The Bertz CT molecular complexity index is 1150. The van der Waals surface area contributed by atoms with Crippen LogP contribution < -0.4 is 5.32 Å². The van der Waals surface area contributed by atoms with Gasteiger partial charge in [-0.15, -0.1) is 0 Å². The highest BCUT2D eigenvalue weighted by Gasteiger charge is 2.37. The molecule has 2 aliphatic carbocycles. The van der Waals surface area contributed by atoms with E-state index in [0.29, 0.717) is 35.4 Å². The molecule has 164 valence electrons. The maximum Gasteiger partial charge on any atom is 0.433 e. The van der Waals surface area contributed by atoms with E-state index in [9.17, 15) is 18.0 Å². The van der Waals surface area contributed by atoms with Gasteiger partial charge in [-0.2, -0.15) is 18.3 Å². The molecule has 3 atom stereocenters. The zero-order valence-electron chi connectivity index (χ0n) is 17.1. The summed E-state index contributed by atoms with van der Waals surface area (Å²) in [6, 6.07) is 10.3. The van der Waals surface area contributed by atoms with Gasteiger partial charge >= 0.3 is 6.18 Å². The van der Waals surface area contributed by atoms with Crippen LogP contribution >= 0.6 is 0 Å². The molecule has 8 heteroatoms. The van der Waals surface area contributed by atoms with Gasteiger partial charge in [0.25, 0.3) is 5.91 Å². The second-order valence-electron chi connectivity index (χ2n) is 8.36. The van der Waals surface area contributed by atoms with E-state index in [4.69, 9.17) is 0 Å². The molecule has 3 unspecified atom stereocenters. The fraction of sp³-hybridized carbons (Fsp3) is 0.292.